The summed E-state index contributed by atoms with van der Waals surface area (Å²) in [6, 6.07) is 4.26. The van der Waals surface area contributed by atoms with Crippen LogP contribution < -0.4 is 15.2 Å². The van der Waals surface area contributed by atoms with E-state index in [0.29, 0.717) is 5.75 Å². The van der Waals surface area contributed by atoms with E-state index in [4.69, 9.17) is 9.88 Å². The summed E-state index contributed by atoms with van der Waals surface area (Å²) < 4.78 is 26.3. The van der Waals surface area contributed by atoms with Crippen LogP contribution in [0.2, 0.25) is 0 Å². The molecule has 106 valence electrons. The molecular weight excluding hydrogens is 272 g/mol. The average molecular weight is 288 g/mol. The summed E-state index contributed by atoms with van der Waals surface area (Å²) in [5.74, 6) is -0.458. The van der Waals surface area contributed by atoms with Gasteiger partial charge >= 0.3 is 0 Å². The summed E-state index contributed by atoms with van der Waals surface area (Å²) in [4.78, 5) is 11.8. The zero-order valence-electron chi connectivity index (χ0n) is 10.4. The molecule has 1 amide bonds. The molecule has 0 saturated heterocycles. The Morgan fingerprint density at radius 3 is 2.74 bits per heavy atom. The maximum absolute atomic E-state index is 11.8. The van der Waals surface area contributed by atoms with Crippen LogP contribution in [0.4, 0.5) is 0 Å². The number of aromatic hydroxyl groups is 1. The molecule has 0 aliphatic carbocycles. The monoisotopic (exact) mass is 288 g/mol. The zero-order chi connectivity index (χ0) is 14.5. The van der Waals surface area contributed by atoms with Gasteiger partial charge in [0, 0.05) is 6.54 Å². The first-order valence-electron chi connectivity index (χ1n) is 5.49. The number of hydrogen-bond acceptors (Lipinski definition) is 5. The predicted molar refractivity (Wildman–Crippen MR) is 69.6 cm³/mol. The Morgan fingerprint density at radius 1 is 1.47 bits per heavy atom. The third-order valence-electron chi connectivity index (χ3n) is 2.34. The van der Waals surface area contributed by atoms with E-state index < -0.39 is 15.9 Å². The van der Waals surface area contributed by atoms with Crippen molar-refractivity contribution in [3.8, 4) is 11.5 Å². The maximum atomic E-state index is 11.8. The van der Waals surface area contributed by atoms with Crippen LogP contribution in [0.5, 0.6) is 11.5 Å². The molecule has 8 heteroatoms. The Hall–Kier alpha value is -1.80. The number of nitrogens with one attached hydrogen (secondary N) is 1. The van der Waals surface area contributed by atoms with E-state index in [9.17, 15) is 18.3 Å². The molecular formula is C11H16N2O5S. The Bertz CT molecular complexity index is 556. The molecule has 1 rings (SSSR count). The first-order chi connectivity index (χ1) is 8.83. The second-order valence-corrected chi connectivity index (χ2v) is 5.59. The van der Waals surface area contributed by atoms with Gasteiger partial charge in [-0.25, -0.2) is 13.6 Å². The van der Waals surface area contributed by atoms with Crippen molar-refractivity contribution in [2.75, 3.05) is 19.4 Å². The number of phenolic OH excluding ortho intramolecular Hbond substituents is 1. The van der Waals surface area contributed by atoms with E-state index >= 15 is 0 Å². The van der Waals surface area contributed by atoms with Crippen LogP contribution in [-0.4, -0.2) is 38.8 Å². The molecule has 0 spiro atoms. The SMILES string of the molecule is COc1ccc(O)c(C(=O)NCCCS(N)(=O)=O)c1. The fourth-order valence-electron chi connectivity index (χ4n) is 1.39. The molecule has 0 aromatic heterocycles. The lowest BCUT2D eigenvalue weighted by Gasteiger charge is -2.08. The van der Waals surface area contributed by atoms with Crippen molar-refractivity contribution >= 4 is 15.9 Å². The quantitative estimate of drug-likeness (QED) is 0.627. The van der Waals surface area contributed by atoms with Gasteiger partial charge in [-0.15, -0.1) is 0 Å². The first-order valence-corrected chi connectivity index (χ1v) is 7.20. The summed E-state index contributed by atoms with van der Waals surface area (Å²) in [6.45, 7) is 0.145. The van der Waals surface area contributed by atoms with Crippen LogP contribution in [0.1, 0.15) is 16.8 Å². The van der Waals surface area contributed by atoms with Gasteiger partial charge in [-0.3, -0.25) is 4.79 Å². The lowest BCUT2D eigenvalue weighted by molar-refractivity contribution is 0.0950. The highest BCUT2D eigenvalue weighted by Gasteiger charge is 2.12. The number of ether oxygens (including phenoxy) is 1. The zero-order valence-corrected chi connectivity index (χ0v) is 11.2. The third kappa shape index (κ3) is 5.14. The van der Waals surface area contributed by atoms with E-state index in [1.165, 1.54) is 25.3 Å². The van der Waals surface area contributed by atoms with Gasteiger partial charge in [0.25, 0.3) is 5.91 Å². The number of carbonyl (C=O) groups is 1. The average Bonchev–Trinajstić information content (AvgIpc) is 2.34. The standard InChI is InChI=1S/C11H16N2O5S/c1-18-8-3-4-10(14)9(7-8)11(15)13-5-2-6-19(12,16)17/h3-4,7,14H,2,5-6H2,1H3,(H,13,15)(H2,12,16,17). The number of benzene rings is 1. The summed E-state index contributed by atoms with van der Waals surface area (Å²) in [7, 11) is -2.08. The topological polar surface area (TPSA) is 119 Å². The van der Waals surface area contributed by atoms with Crippen molar-refractivity contribution < 1.29 is 23.1 Å². The first kappa shape index (κ1) is 15.3. The van der Waals surface area contributed by atoms with E-state index in [2.05, 4.69) is 5.32 Å². The number of sulfonamides is 1. The highest BCUT2D eigenvalue weighted by Crippen LogP contribution is 2.22. The molecule has 0 aliphatic rings. The van der Waals surface area contributed by atoms with Crippen molar-refractivity contribution in [3.63, 3.8) is 0 Å². The van der Waals surface area contributed by atoms with Gasteiger partial charge in [0.1, 0.15) is 11.5 Å². The molecule has 0 aliphatic heterocycles. The maximum Gasteiger partial charge on any atom is 0.255 e. The smallest absolute Gasteiger partial charge is 0.255 e. The Morgan fingerprint density at radius 2 is 2.16 bits per heavy atom. The summed E-state index contributed by atoms with van der Waals surface area (Å²) in [6.07, 6.45) is 0.204. The molecule has 0 saturated carbocycles. The summed E-state index contributed by atoms with van der Waals surface area (Å²) in [5, 5.41) is 16.9. The molecule has 4 N–H and O–H groups in total. The van der Waals surface area contributed by atoms with E-state index in [1.807, 2.05) is 0 Å². The number of amides is 1. The Balaban J connectivity index is 2.58. The molecule has 0 bridgehead atoms. The molecule has 0 heterocycles. The molecule has 1 aromatic carbocycles. The van der Waals surface area contributed by atoms with Crippen molar-refractivity contribution in [2.24, 2.45) is 5.14 Å². The number of carbonyl (C=O) groups excluding carboxylic acids is 1. The van der Waals surface area contributed by atoms with Gasteiger partial charge in [-0.2, -0.15) is 0 Å². The number of phenols is 1. The predicted octanol–water partition coefficient (Wildman–Crippen LogP) is -0.191. The number of rotatable bonds is 6. The second-order valence-electron chi connectivity index (χ2n) is 3.86. The van der Waals surface area contributed by atoms with Gasteiger partial charge in [0.2, 0.25) is 10.0 Å². The van der Waals surface area contributed by atoms with Crippen molar-refractivity contribution in [2.45, 2.75) is 6.42 Å². The van der Waals surface area contributed by atoms with Crippen molar-refractivity contribution in [1.29, 1.82) is 0 Å². The van der Waals surface area contributed by atoms with E-state index in [0.717, 1.165) is 0 Å². The van der Waals surface area contributed by atoms with Gasteiger partial charge in [-0.05, 0) is 24.6 Å². The number of nitrogens with two attached hydrogens (primary N) is 1. The van der Waals surface area contributed by atoms with Crippen molar-refractivity contribution in [3.05, 3.63) is 23.8 Å². The van der Waals surface area contributed by atoms with Crippen LogP contribution >= 0.6 is 0 Å². The number of methoxy groups -OCH3 is 1. The van der Waals surface area contributed by atoms with Crippen LogP contribution in [-0.2, 0) is 10.0 Å². The summed E-state index contributed by atoms with van der Waals surface area (Å²) >= 11 is 0. The van der Waals surface area contributed by atoms with Crippen LogP contribution in [0, 0.1) is 0 Å². The lowest BCUT2D eigenvalue weighted by Crippen LogP contribution is -2.27. The van der Waals surface area contributed by atoms with Gasteiger partial charge in [0.15, 0.2) is 0 Å². The molecule has 0 unspecified atom stereocenters. The number of primary sulfonamides is 1. The molecule has 19 heavy (non-hydrogen) atoms. The van der Waals surface area contributed by atoms with Crippen LogP contribution in [0.15, 0.2) is 18.2 Å². The Labute approximate surface area is 111 Å². The van der Waals surface area contributed by atoms with Gasteiger partial charge in [-0.1, -0.05) is 0 Å². The fourth-order valence-corrected chi connectivity index (χ4v) is 1.94. The van der Waals surface area contributed by atoms with E-state index in [1.54, 1.807) is 0 Å². The fraction of sp³-hybridized carbons (Fsp3) is 0.364. The Kier molecular flexibility index (Phi) is 5.13. The van der Waals surface area contributed by atoms with Crippen molar-refractivity contribution in [1.82, 2.24) is 5.32 Å². The second kappa shape index (κ2) is 6.39. The molecule has 7 nitrogen and oxygen atoms in total. The molecule has 1 aromatic rings. The van der Waals surface area contributed by atoms with Crippen LogP contribution in [0.3, 0.4) is 0 Å². The minimum Gasteiger partial charge on any atom is -0.507 e. The van der Waals surface area contributed by atoms with Gasteiger partial charge < -0.3 is 15.2 Å². The van der Waals surface area contributed by atoms with Gasteiger partial charge in [0.05, 0.1) is 18.4 Å². The molecule has 0 atom stereocenters. The highest BCUT2D eigenvalue weighted by molar-refractivity contribution is 7.89. The van der Waals surface area contributed by atoms with Crippen LogP contribution in [0.25, 0.3) is 0 Å². The lowest BCUT2D eigenvalue weighted by atomic mass is 10.1. The molecule has 0 fully saturated rings. The summed E-state index contributed by atoms with van der Waals surface area (Å²) in [5.41, 5.74) is 0.0648. The number of hydrogen-bond donors (Lipinski definition) is 3. The highest BCUT2D eigenvalue weighted by atomic mass is 32.2. The minimum atomic E-state index is -3.53. The normalized spacial score (nSPS) is 11.1. The largest absolute Gasteiger partial charge is 0.507 e. The van der Waals surface area contributed by atoms with E-state index in [-0.39, 0.29) is 30.0 Å². The third-order valence-corrected chi connectivity index (χ3v) is 3.20. The minimum absolute atomic E-state index is 0.0648. The molecule has 0 radical (unpaired) electrons.